The summed E-state index contributed by atoms with van der Waals surface area (Å²) < 4.78 is 11.4. The SMILES string of the molecule is COc1cc(CNCCc2ccc(Cl)cc2Cl)ccc1OCc1ccc(Cl)c(Cl)c1.Cl. The molecule has 0 unspecified atom stereocenters. The molecule has 0 saturated heterocycles. The lowest BCUT2D eigenvalue weighted by Crippen LogP contribution is -2.16. The molecular weight excluding hydrogens is 500 g/mol. The summed E-state index contributed by atoms with van der Waals surface area (Å²) >= 11 is 24.2. The van der Waals surface area contributed by atoms with Gasteiger partial charge < -0.3 is 14.8 Å². The Morgan fingerprint density at radius 1 is 0.774 bits per heavy atom. The number of halogens is 5. The lowest BCUT2D eigenvalue weighted by Gasteiger charge is -2.13. The maximum atomic E-state index is 6.22. The molecule has 0 atom stereocenters. The van der Waals surface area contributed by atoms with E-state index in [1.54, 1.807) is 25.3 Å². The van der Waals surface area contributed by atoms with E-state index in [1.165, 1.54) is 0 Å². The zero-order valence-corrected chi connectivity index (χ0v) is 20.6. The molecule has 0 aliphatic rings. The minimum atomic E-state index is 0. The van der Waals surface area contributed by atoms with Gasteiger partial charge in [0.2, 0.25) is 0 Å². The first kappa shape index (κ1) is 25.9. The minimum Gasteiger partial charge on any atom is -0.493 e. The third-order valence-electron chi connectivity index (χ3n) is 4.52. The molecule has 3 nitrogen and oxygen atoms in total. The van der Waals surface area contributed by atoms with Crippen molar-refractivity contribution in [1.29, 1.82) is 0 Å². The van der Waals surface area contributed by atoms with E-state index >= 15 is 0 Å². The number of hydrogen-bond acceptors (Lipinski definition) is 3. The summed E-state index contributed by atoms with van der Waals surface area (Å²) in [6.45, 7) is 1.86. The summed E-state index contributed by atoms with van der Waals surface area (Å²) in [4.78, 5) is 0. The predicted octanol–water partition coefficient (Wildman–Crippen LogP) is 7.64. The maximum Gasteiger partial charge on any atom is 0.161 e. The van der Waals surface area contributed by atoms with Crippen molar-refractivity contribution in [3.8, 4) is 11.5 Å². The maximum absolute atomic E-state index is 6.22. The number of benzene rings is 3. The van der Waals surface area contributed by atoms with E-state index in [-0.39, 0.29) is 12.4 Å². The minimum absolute atomic E-state index is 0. The molecule has 0 heterocycles. The predicted molar refractivity (Wildman–Crippen MR) is 133 cm³/mol. The average Bonchev–Trinajstić information content (AvgIpc) is 2.73. The molecule has 31 heavy (non-hydrogen) atoms. The van der Waals surface area contributed by atoms with Crippen molar-refractivity contribution < 1.29 is 9.47 Å². The van der Waals surface area contributed by atoms with Gasteiger partial charge in [0.1, 0.15) is 6.61 Å². The van der Waals surface area contributed by atoms with Crippen molar-refractivity contribution in [2.45, 2.75) is 19.6 Å². The first-order chi connectivity index (χ1) is 14.5. The van der Waals surface area contributed by atoms with E-state index in [1.807, 2.05) is 36.4 Å². The van der Waals surface area contributed by atoms with Gasteiger partial charge in [0.25, 0.3) is 0 Å². The highest BCUT2D eigenvalue weighted by Crippen LogP contribution is 2.30. The summed E-state index contributed by atoms with van der Waals surface area (Å²) in [6, 6.07) is 16.9. The van der Waals surface area contributed by atoms with Gasteiger partial charge in [-0.1, -0.05) is 64.6 Å². The number of rotatable bonds is 9. The van der Waals surface area contributed by atoms with Crippen LogP contribution in [-0.2, 0) is 19.6 Å². The van der Waals surface area contributed by atoms with Gasteiger partial charge in [0.05, 0.1) is 17.2 Å². The highest BCUT2D eigenvalue weighted by Gasteiger charge is 2.08. The van der Waals surface area contributed by atoms with Crippen LogP contribution in [-0.4, -0.2) is 13.7 Å². The van der Waals surface area contributed by atoms with Gasteiger partial charge in [-0.15, -0.1) is 12.4 Å². The Morgan fingerprint density at radius 2 is 1.55 bits per heavy atom. The second-order valence-corrected chi connectivity index (χ2v) is 8.34. The standard InChI is InChI=1S/C23H21Cl4NO2.ClH/c1-29-23-11-15(13-28-9-8-17-4-5-18(24)12-20(17)26)3-7-22(23)30-14-16-2-6-19(25)21(27)10-16;/h2-7,10-12,28H,8-9,13-14H2,1H3;1H. The van der Waals surface area contributed by atoms with Gasteiger partial charge in [-0.05, 0) is 66.1 Å². The molecule has 0 amide bonds. The van der Waals surface area contributed by atoms with Gasteiger partial charge in [0.15, 0.2) is 11.5 Å². The van der Waals surface area contributed by atoms with Crippen LogP contribution in [0.25, 0.3) is 0 Å². The Hall–Kier alpha value is -1.33. The highest BCUT2D eigenvalue weighted by molar-refractivity contribution is 6.42. The largest absolute Gasteiger partial charge is 0.493 e. The topological polar surface area (TPSA) is 30.5 Å². The fourth-order valence-corrected chi connectivity index (χ4v) is 3.74. The summed E-state index contributed by atoms with van der Waals surface area (Å²) in [5, 5.41) is 5.78. The highest BCUT2D eigenvalue weighted by atomic mass is 35.5. The van der Waals surface area contributed by atoms with E-state index in [0.29, 0.717) is 44.7 Å². The fraction of sp³-hybridized carbons (Fsp3) is 0.217. The number of hydrogen-bond donors (Lipinski definition) is 1. The van der Waals surface area contributed by atoms with Crippen LogP contribution < -0.4 is 14.8 Å². The molecule has 3 aromatic rings. The molecule has 3 aromatic carbocycles. The van der Waals surface area contributed by atoms with Crippen LogP contribution >= 0.6 is 58.8 Å². The second kappa shape index (κ2) is 12.6. The van der Waals surface area contributed by atoms with Crippen LogP contribution in [0.15, 0.2) is 54.6 Å². The van der Waals surface area contributed by atoms with Crippen molar-refractivity contribution in [1.82, 2.24) is 5.32 Å². The molecule has 3 rings (SSSR count). The van der Waals surface area contributed by atoms with Crippen LogP contribution in [0.1, 0.15) is 16.7 Å². The first-order valence-corrected chi connectivity index (χ1v) is 10.9. The van der Waals surface area contributed by atoms with Gasteiger partial charge in [-0.3, -0.25) is 0 Å². The Bertz CT molecular complexity index is 1010. The van der Waals surface area contributed by atoms with E-state index in [0.717, 1.165) is 29.7 Å². The van der Waals surface area contributed by atoms with Gasteiger partial charge in [-0.25, -0.2) is 0 Å². The Kier molecular flexibility index (Phi) is 10.6. The Labute approximate surface area is 209 Å². The summed E-state index contributed by atoms with van der Waals surface area (Å²) in [5.41, 5.74) is 3.09. The van der Waals surface area contributed by atoms with Crippen LogP contribution in [0, 0.1) is 0 Å². The summed E-state index contributed by atoms with van der Waals surface area (Å²) in [5.74, 6) is 1.34. The smallest absolute Gasteiger partial charge is 0.161 e. The normalized spacial score (nSPS) is 10.5. The third kappa shape index (κ3) is 7.64. The third-order valence-corrected chi connectivity index (χ3v) is 5.85. The van der Waals surface area contributed by atoms with E-state index in [2.05, 4.69) is 5.32 Å². The Morgan fingerprint density at radius 3 is 2.26 bits per heavy atom. The van der Waals surface area contributed by atoms with E-state index in [9.17, 15) is 0 Å². The molecule has 0 aromatic heterocycles. The van der Waals surface area contributed by atoms with Crippen molar-refractivity contribution in [3.05, 3.63) is 91.4 Å². The van der Waals surface area contributed by atoms with Crippen LogP contribution in [0.4, 0.5) is 0 Å². The molecule has 0 aliphatic heterocycles. The first-order valence-electron chi connectivity index (χ1n) is 9.34. The van der Waals surface area contributed by atoms with E-state index < -0.39 is 0 Å². The van der Waals surface area contributed by atoms with Crippen LogP contribution in [0.3, 0.4) is 0 Å². The van der Waals surface area contributed by atoms with Gasteiger partial charge in [0, 0.05) is 16.6 Å². The molecular formula is C23H22Cl5NO2. The van der Waals surface area contributed by atoms with Gasteiger partial charge >= 0.3 is 0 Å². The monoisotopic (exact) mass is 519 g/mol. The molecule has 0 bridgehead atoms. The molecule has 1 N–H and O–H groups in total. The van der Waals surface area contributed by atoms with E-state index in [4.69, 9.17) is 55.9 Å². The lowest BCUT2D eigenvalue weighted by molar-refractivity contribution is 0.284. The average molecular weight is 522 g/mol. The zero-order valence-electron chi connectivity index (χ0n) is 16.8. The van der Waals surface area contributed by atoms with Crippen molar-refractivity contribution in [2.75, 3.05) is 13.7 Å². The van der Waals surface area contributed by atoms with Crippen LogP contribution in [0.5, 0.6) is 11.5 Å². The second-order valence-electron chi connectivity index (χ2n) is 6.68. The molecule has 0 spiro atoms. The van der Waals surface area contributed by atoms with Crippen LogP contribution in [0.2, 0.25) is 20.1 Å². The summed E-state index contributed by atoms with van der Waals surface area (Å²) in [7, 11) is 1.63. The fourth-order valence-electron chi connectivity index (χ4n) is 2.91. The molecule has 8 heteroatoms. The summed E-state index contributed by atoms with van der Waals surface area (Å²) in [6.07, 6.45) is 0.817. The lowest BCUT2D eigenvalue weighted by atomic mass is 10.1. The number of ether oxygens (including phenoxy) is 2. The quantitative estimate of drug-likeness (QED) is 0.294. The molecule has 0 saturated carbocycles. The molecule has 0 fully saturated rings. The van der Waals surface area contributed by atoms with Crippen molar-refractivity contribution >= 4 is 58.8 Å². The van der Waals surface area contributed by atoms with Crippen molar-refractivity contribution in [2.24, 2.45) is 0 Å². The van der Waals surface area contributed by atoms with Gasteiger partial charge in [-0.2, -0.15) is 0 Å². The van der Waals surface area contributed by atoms with Crippen molar-refractivity contribution in [3.63, 3.8) is 0 Å². The Balaban J connectivity index is 0.00000341. The zero-order chi connectivity index (χ0) is 21.5. The number of nitrogens with one attached hydrogen (secondary N) is 1. The number of methoxy groups -OCH3 is 1. The molecule has 0 radical (unpaired) electrons. The molecule has 0 aliphatic carbocycles. The molecule has 166 valence electrons.